The number of ketones is 1. The summed E-state index contributed by atoms with van der Waals surface area (Å²) in [5, 5.41) is -0.0810. The first kappa shape index (κ1) is 7.48. The van der Waals surface area contributed by atoms with Crippen LogP contribution in [0.5, 0.6) is 0 Å². The van der Waals surface area contributed by atoms with E-state index in [1.165, 1.54) is 0 Å². The molecule has 0 radical (unpaired) electrons. The lowest BCUT2D eigenvalue weighted by Crippen LogP contribution is -2.29. The Bertz CT molecular complexity index is 112. The van der Waals surface area contributed by atoms with Crippen LogP contribution in [0, 0.1) is 0 Å². The number of hydrogen-bond acceptors (Lipinski definition) is 3. The van der Waals surface area contributed by atoms with Crippen LogP contribution >= 0.6 is 25.3 Å². The van der Waals surface area contributed by atoms with E-state index in [4.69, 9.17) is 0 Å². The molecule has 3 heteroatoms. The zero-order valence-corrected chi connectivity index (χ0v) is 6.87. The predicted octanol–water partition coefficient (Wildman–Crippen LogP) is 1.34. The fourth-order valence-electron chi connectivity index (χ4n) is 1.01. The Kier molecular flexibility index (Phi) is 2.47. The largest absolute Gasteiger partial charge is 0.297 e. The van der Waals surface area contributed by atoms with E-state index in [0.29, 0.717) is 0 Å². The van der Waals surface area contributed by atoms with Gasteiger partial charge in [0.05, 0.1) is 10.5 Å². The molecule has 1 aliphatic carbocycles. The molecule has 0 saturated heterocycles. The van der Waals surface area contributed by atoms with E-state index in [-0.39, 0.29) is 16.3 Å². The molecule has 2 unspecified atom stereocenters. The molecule has 52 valence electrons. The van der Waals surface area contributed by atoms with Crippen LogP contribution in [0.1, 0.15) is 19.3 Å². The number of carbonyl (C=O) groups excluding carboxylic acids is 1. The van der Waals surface area contributed by atoms with Crippen LogP contribution in [0.15, 0.2) is 0 Å². The third-order valence-electron chi connectivity index (χ3n) is 1.61. The SMILES string of the molecule is O=C1C(S)CCCC1S. The van der Waals surface area contributed by atoms with Gasteiger partial charge in [-0.15, -0.1) is 0 Å². The summed E-state index contributed by atoms with van der Waals surface area (Å²) in [6.45, 7) is 0. The molecule has 9 heavy (non-hydrogen) atoms. The summed E-state index contributed by atoms with van der Waals surface area (Å²) in [6.07, 6.45) is 2.95. The topological polar surface area (TPSA) is 17.1 Å². The molecule has 1 aliphatic rings. The lowest BCUT2D eigenvalue weighted by molar-refractivity contribution is -0.119. The Hall–Kier alpha value is 0.370. The number of rotatable bonds is 0. The fourth-order valence-corrected chi connectivity index (χ4v) is 1.85. The van der Waals surface area contributed by atoms with Gasteiger partial charge in [-0.05, 0) is 12.8 Å². The standard InChI is InChI=1S/C6H10OS2/c7-6-4(8)2-1-3-5(6)9/h4-5,8-9H,1-3H2. The van der Waals surface area contributed by atoms with E-state index < -0.39 is 0 Å². The minimum Gasteiger partial charge on any atom is -0.297 e. The van der Waals surface area contributed by atoms with Gasteiger partial charge >= 0.3 is 0 Å². The van der Waals surface area contributed by atoms with Gasteiger partial charge in [0.2, 0.25) is 0 Å². The molecule has 0 amide bonds. The zero-order valence-electron chi connectivity index (χ0n) is 5.08. The van der Waals surface area contributed by atoms with Crippen LogP contribution in [-0.4, -0.2) is 16.3 Å². The zero-order chi connectivity index (χ0) is 6.85. The quantitative estimate of drug-likeness (QED) is 0.514. The first-order chi connectivity index (χ1) is 4.22. The van der Waals surface area contributed by atoms with Crippen molar-refractivity contribution < 1.29 is 4.79 Å². The highest BCUT2D eigenvalue weighted by Gasteiger charge is 2.25. The first-order valence-corrected chi connectivity index (χ1v) is 4.15. The highest BCUT2D eigenvalue weighted by molar-refractivity contribution is 7.83. The van der Waals surface area contributed by atoms with Crippen molar-refractivity contribution in [3.8, 4) is 0 Å². The lowest BCUT2D eigenvalue weighted by Gasteiger charge is -2.20. The van der Waals surface area contributed by atoms with Crippen molar-refractivity contribution in [2.45, 2.75) is 29.8 Å². The monoisotopic (exact) mass is 162 g/mol. The van der Waals surface area contributed by atoms with Gasteiger partial charge in [0, 0.05) is 0 Å². The maximum atomic E-state index is 11.0. The van der Waals surface area contributed by atoms with Crippen molar-refractivity contribution in [2.75, 3.05) is 0 Å². The summed E-state index contributed by atoms with van der Waals surface area (Å²) in [6, 6.07) is 0. The Morgan fingerprint density at radius 3 is 2.00 bits per heavy atom. The van der Waals surface area contributed by atoms with Gasteiger partial charge in [-0.25, -0.2) is 0 Å². The maximum Gasteiger partial charge on any atom is 0.158 e. The van der Waals surface area contributed by atoms with E-state index in [2.05, 4.69) is 25.3 Å². The van der Waals surface area contributed by atoms with Gasteiger partial charge in [0.15, 0.2) is 5.78 Å². The third-order valence-corrected chi connectivity index (χ3v) is 2.64. The Labute approximate surface area is 66.0 Å². The summed E-state index contributed by atoms with van der Waals surface area (Å²) < 4.78 is 0. The van der Waals surface area contributed by atoms with Crippen molar-refractivity contribution in [3.63, 3.8) is 0 Å². The molecule has 2 atom stereocenters. The third kappa shape index (κ3) is 1.64. The molecule has 1 fully saturated rings. The molecule has 0 N–H and O–H groups in total. The molecule has 0 aromatic heterocycles. The van der Waals surface area contributed by atoms with Crippen molar-refractivity contribution in [1.82, 2.24) is 0 Å². The van der Waals surface area contributed by atoms with Crippen molar-refractivity contribution >= 4 is 31.0 Å². The molecule has 0 aromatic rings. The average molecular weight is 162 g/mol. The van der Waals surface area contributed by atoms with Crippen LogP contribution in [0.25, 0.3) is 0 Å². The predicted molar refractivity (Wildman–Crippen MR) is 44.4 cm³/mol. The van der Waals surface area contributed by atoms with Crippen LogP contribution in [0.2, 0.25) is 0 Å². The number of thiol groups is 2. The van der Waals surface area contributed by atoms with E-state index in [1.807, 2.05) is 0 Å². The molecular weight excluding hydrogens is 152 g/mol. The van der Waals surface area contributed by atoms with Gasteiger partial charge in [-0.1, -0.05) is 6.42 Å². The average Bonchev–Trinajstić information content (AvgIpc) is 1.83. The molecule has 1 saturated carbocycles. The van der Waals surface area contributed by atoms with E-state index in [9.17, 15) is 4.79 Å². The Morgan fingerprint density at radius 2 is 1.67 bits per heavy atom. The van der Waals surface area contributed by atoms with E-state index in [0.717, 1.165) is 19.3 Å². The van der Waals surface area contributed by atoms with Crippen molar-refractivity contribution in [1.29, 1.82) is 0 Å². The normalized spacial score (nSPS) is 36.9. The molecule has 1 rings (SSSR count). The minimum atomic E-state index is -0.0405. The van der Waals surface area contributed by atoms with E-state index >= 15 is 0 Å². The minimum absolute atomic E-state index is 0.0405. The van der Waals surface area contributed by atoms with Crippen molar-refractivity contribution in [3.05, 3.63) is 0 Å². The smallest absolute Gasteiger partial charge is 0.158 e. The molecule has 0 bridgehead atoms. The second-order valence-corrected chi connectivity index (χ2v) is 3.61. The number of hydrogen-bond donors (Lipinski definition) is 2. The molecular formula is C6H10OS2. The molecule has 0 spiro atoms. The molecule has 0 heterocycles. The number of carbonyl (C=O) groups is 1. The molecule has 1 nitrogen and oxygen atoms in total. The molecule has 0 aromatic carbocycles. The van der Waals surface area contributed by atoms with E-state index in [1.54, 1.807) is 0 Å². The van der Waals surface area contributed by atoms with Crippen LogP contribution in [0.4, 0.5) is 0 Å². The maximum absolute atomic E-state index is 11.0. The molecule has 0 aliphatic heterocycles. The Balaban J connectivity index is 2.52. The summed E-state index contributed by atoms with van der Waals surface area (Å²) in [5.74, 6) is 0.202. The number of Topliss-reactive ketones (excluding diaryl/α,β-unsaturated/α-hetero) is 1. The Morgan fingerprint density at radius 1 is 1.22 bits per heavy atom. The highest BCUT2D eigenvalue weighted by atomic mass is 32.1. The summed E-state index contributed by atoms with van der Waals surface area (Å²) in [4.78, 5) is 11.0. The summed E-state index contributed by atoms with van der Waals surface area (Å²) in [7, 11) is 0. The summed E-state index contributed by atoms with van der Waals surface area (Å²) in [5.41, 5.74) is 0. The van der Waals surface area contributed by atoms with Gasteiger partial charge in [-0.2, -0.15) is 25.3 Å². The van der Waals surface area contributed by atoms with Crippen LogP contribution < -0.4 is 0 Å². The van der Waals surface area contributed by atoms with Crippen LogP contribution in [-0.2, 0) is 4.79 Å². The second-order valence-electron chi connectivity index (χ2n) is 2.36. The van der Waals surface area contributed by atoms with Gasteiger partial charge in [0.1, 0.15) is 0 Å². The first-order valence-electron chi connectivity index (χ1n) is 3.11. The van der Waals surface area contributed by atoms with Gasteiger partial charge in [-0.3, -0.25) is 4.79 Å². The summed E-state index contributed by atoms with van der Waals surface area (Å²) >= 11 is 8.23. The van der Waals surface area contributed by atoms with Crippen molar-refractivity contribution in [2.24, 2.45) is 0 Å². The highest BCUT2D eigenvalue weighted by Crippen LogP contribution is 2.22. The second kappa shape index (κ2) is 2.97. The van der Waals surface area contributed by atoms with Gasteiger partial charge < -0.3 is 0 Å². The fraction of sp³-hybridized carbons (Fsp3) is 0.833. The lowest BCUT2D eigenvalue weighted by atomic mass is 9.98. The van der Waals surface area contributed by atoms with Crippen LogP contribution in [0.3, 0.4) is 0 Å². The van der Waals surface area contributed by atoms with Gasteiger partial charge in [0.25, 0.3) is 0 Å².